The molecule has 1 aromatic rings. The van der Waals surface area contributed by atoms with Gasteiger partial charge in [0.05, 0.1) is 7.11 Å². The van der Waals surface area contributed by atoms with Gasteiger partial charge in [-0.2, -0.15) is 0 Å². The highest BCUT2D eigenvalue weighted by molar-refractivity contribution is 5.85. The molecular weight excluding hydrogens is 165 g/mol. The zero-order valence-electron chi connectivity index (χ0n) is 6.24. The minimum atomic E-state index is -1.28. The molecule has 1 aromatic heterocycles. The first kappa shape index (κ1) is 8.45. The highest BCUT2D eigenvalue weighted by atomic mass is 19.1. The van der Waals surface area contributed by atoms with Crippen molar-refractivity contribution >= 4 is 5.97 Å². The van der Waals surface area contributed by atoms with E-state index >= 15 is 0 Å². The number of pyridine rings is 1. The van der Waals surface area contributed by atoms with Crippen LogP contribution in [-0.4, -0.2) is 23.2 Å². The molecule has 0 radical (unpaired) electrons. The summed E-state index contributed by atoms with van der Waals surface area (Å²) in [6, 6.07) is 1.83. The maximum atomic E-state index is 12.6. The number of hydrogen-bond donors (Lipinski definition) is 1. The lowest BCUT2D eigenvalue weighted by Gasteiger charge is -1.99. The van der Waals surface area contributed by atoms with Crippen molar-refractivity contribution in [3.63, 3.8) is 0 Å². The van der Waals surface area contributed by atoms with Crippen molar-refractivity contribution < 1.29 is 19.0 Å². The fraction of sp³-hybridized carbons (Fsp3) is 0.143. The molecule has 1 rings (SSSR count). The summed E-state index contributed by atoms with van der Waals surface area (Å²) >= 11 is 0. The molecule has 0 aliphatic rings. The topological polar surface area (TPSA) is 59.4 Å². The highest BCUT2D eigenvalue weighted by Crippen LogP contribution is 2.10. The second-order valence-corrected chi connectivity index (χ2v) is 2.02. The van der Waals surface area contributed by atoms with Crippen molar-refractivity contribution in [1.29, 1.82) is 0 Å². The maximum absolute atomic E-state index is 12.6. The Labute approximate surface area is 67.6 Å². The number of carbonyl (C=O) groups is 1. The van der Waals surface area contributed by atoms with Gasteiger partial charge in [-0.25, -0.2) is 14.2 Å². The van der Waals surface area contributed by atoms with Gasteiger partial charge < -0.3 is 9.84 Å². The molecule has 1 N–H and O–H groups in total. The van der Waals surface area contributed by atoms with Gasteiger partial charge in [0.25, 0.3) is 0 Å². The number of carboxylic acid groups (broad SMARTS) is 1. The van der Waals surface area contributed by atoms with Crippen LogP contribution < -0.4 is 4.74 Å². The Morgan fingerprint density at radius 3 is 2.83 bits per heavy atom. The number of methoxy groups -OCH3 is 1. The molecule has 0 aliphatic heterocycles. The van der Waals surface area contributed by atoms with Gasteiger partial charge in [-0.3, -0.25) is 0 Å². The zero-order valence-corrected chi connectivity index (χ0v) is 6.24. The largest absolute Gasteiger partial charge is 0.481 e. The van der Waals surface area contributed by atoms with Crippen molar-refractivity contribution in [1.82, 2.24) is 4.98 Å². The normalized spacial score (nSPS) is 9.50. The second-order valence-electron chi connectivity index (χ2n) is 2.02. The second kappa shape index (κ2) is 3.17. The average Bonchev–Trinajstić information content (AvgIpc) is 2.03. The third kappa shape index (κ3) is 1.69. The van der Waals surface area contributed by atoms with Gasteiger partial charge in [-0.1, -0.05) is 0 Å². The monoisotopic (exact) mass is 171 g/mol. The molecule has 0 aromatic carbocycles. The van der Waals surface area contributed by atoms with E-state index in [9.17, 15) is 9.18 Å². The van der Waals surface area contributed by atoms with Crippen LogP contribution in [0.25, 0.3) is 0 Å². The van der Waals surface area contributed by atoms with Gasteiger partial charge in [0.15, 0.2) is 5.69 Å². The van der Waals surface area contributed by atoms with Gasteiger partial charge >= 0.3 is 5.97 Å². The smallest absolute Gasteiger partial charge is 0.354 e. The number of carboxylic acids is 1. The van der Waals surface area contributed by atoms with E-state index in [4.69, 9.17) is 5.11 Å². The van der Waals surface area contributed by atoms with Crippen molar-refractivity contribution in [3.05, 3.63) is 23.6 Å². The Bertz CT molecular complexity index is 314. The van der Waals surface area contributed by atoms with E-state index in [0.717, 1.165) is 12.1 Å². The van der Waals surface area contributed by atoms with E-state index in [1.807, 2.05) is 0 Å². The van der Waals surface area contributed by atoms with E-state index in [0.29, 0.717) is 0 Å². The van der Waals surface area contributed by atoms with Gasteiger partial charge in [0.1, 0.15) is 5.82 Å². The first-order chi connectivity index (χ1) is 5.63. The predicted molar refractivity (Wildman–Crippen MR) is 37.7 cm³/mol. The van der Waals surface area contributed by atoms with Gasteiger partial charge in [-0.05, 0) is 0 Å². The Morgan fingerprint density at radius 2 is 2.33 bits per heavy atom. The van der Waals surface area contributed by atoms with Crippen LogP contribution in [0, 0.1) is 5.82 Å². The fourth-order valence-electron chi connectivity index (χ4n) is 0.688. The molecule has 0 bridgehead atoms. The van der Waals surface area contributed by atoms with Crippen LogP contribution in [0.1, 0.15) is 10.5 Å². The molecule has 12 heavy (non-hydrogen) atoms. The summed E-state index contributed by atoms with van der Waals surface area (Å²) in [5.74, 6) is -2.01. The number of halogens is 1. The maximum Gasteiger partial charge on any atom is 0.354 e. The first-order valence-electron chi connectivity index (χ1n) is 3.08. The van der Waals surface area contributed by atoms with Gasteiger partial charge in [-0.15, -0.1) is 0 Å². The lowest BCUT2D eigenvalue weighted by molar-refractivity contribution is 0.0688. The predicted octanol–water partition coefficient (Wildman–Crippen LogP) is 0.927. The van der Waals surface area contributed by atoms with Gasteiger partial charge in [0.2, 0.25) is 5.88 Å². The van der Waals surface area contributed by atoms with Crippen molar-refractivity contribution in [2.75, 3.05) is 7.11 Å². The third-order valence-electron chi connectivity index (χ3n) is 1.19. The third-order valence-corrected chi connectivity index (χ3v) is 1.19. The van der Waals surface area contributed by atoms with Crippen LogP contribution in [0.2, 0.25) is 0 Å². The van der Waals surface area contributed by atoms with E-state index in [2.05, 4.69) is 9.72 Å². The van der Waals surface area contributed by atoms with Crippen LogP contribution in [0.4, 0.5) is 4.39 Å². The van der Waals surface area contributed by atoms with Crippen LogP contribution in [0.3, 0.4) is 0 Å². The number of nitrogens with zero attached hydrogens (tertiary/aromatic N) is 1. The van der Waals surface area contributed by atoms with Crippen molar-refractivity contribution in [2.24, 2.45) is 0 Å². The van der Waals surface area contributed by atoms with Crippen LogP contribution >= 0.6 is 0 Å². The quantitative estimate of drug-likeness (QED) is 0.718. The molecule has 0 unspecified atom stereocenters. The van der Waals surface area contributed by atoms with E-state index in [1.54, 1.807) is 0 Å². The molecule has 64 valence electrons. The minimum Gasteiger partial charge on any atom is -0.481 e. The summed E-state index contributed by atoms with van der Waals surface area (Å²) in [5.41, 5.74) is -0.369. The number of aromatic nitrogens is 1. The van der Waals surface area contributed by atoms with Crippen molar-refractivity contribution in [2.45, 2.75) is 0 Å². The van der Waals surface area contributed by atoms with E-state index < -0.39 is 11.8 Å². The number of ether oxygens (including phenoxy) is 1. The summed E-state index contributed by atoms with van der Waals surface area (Å²) in [6.07, 6.45) is 0. The molecule has 1 heterocycles. The minimum absolute atomic E-state index is 0.0487. The fourth-order valence-corrected chi connectivity index (χ4v) is 0.688. The first-order valence-corrected chi connectivity index (χ1v) is 3.08. The molecule has 4 nitrogen and oxygen atoms in total. The summed E-state index contributed by atoms with van der Waals surface area (Å²) in [6.45, 7) is 0. The summed E-state index contributed by atoms with van der Waals surface area (Å²) in [7, 11) is 1.29. The molecule has 0 fully saturated rings. The van der Waals surface area contributed by atoms with E-state index in [-0.39, 0.29) is 11.6 Å². The molecule has 0 atom stereocenters. The zero-order chi connectivity index (χ0) is 9.14. The Morgan fingerprint density at radius 1 is 1.67 bits per heavy atom. The van der Waals surface area contributed by atoms with Crippen LogP contribution in [0.5, 0.6) is 5.88 Å². The molecular formula is C7H6FNO3. The molecule has 0 spiro atoms. The molecule has 0 aliphatic carbocycles. The Kier molecular flexibility index (Phi) is 2.23. The average molecular weight is 171 g/mol. The SMILES string of the molecule is COc1cc(F)cc(C(=O)O)n1. The Balaban J connectivity index is 3.15. The summed E-state index contributed by atoms with van der Waals surface area (Å²) in [4.78, 5) is 13.8. The molecule has 5 heteroatoms. The standard InChI is InChI=1S/C7H6FNO3/c1-12-6-3-4(8)2-5(9-6)7(10)11/h2-3H,1H3,(H,10,11). The lowest BCUT2D eigenvalue weighted by Crippen LogP contribution is -2.02. The lowest BCUT2D eigenvalue weighted by atomic mass is 10.3. The van der Waals surface area contributed by atoms with Crippen molar-refractivity contribution in [3.8, 4) is 5.88 Å². The van der Waals surface area contributed by atoms with E-state index in [1.165, 1.54) is 7.11 Å². The molecule has 0 saturated heterocycles. The number of rotatable bonds is 2. The van der Waals surface area contributed by atoms with Crippen LogP contribution in [-0.2, 0) is 0 Å². The number of hydrogen-bond acceptors (Lipinski definition) is 3. The van der Waals surface area contributed by atoms with Gasteiger partial charge in [0, 0.05) is 12.1 Å². The summed E-state index contributed by atoms with van der Waals surface area (Å²) in [5, 5.41) is 8.44. The van der Waals surface area contributed by atoms with Crippen LogP contribution in [0.15, 0.2) is 12.1 Å². The molecule has 0 saturated carbocycles. The molecule has 0 amide bonds. The summed E-state index contributed by atoms with van der Waals surface area (Å²) < 4.78 is 17.2. The number of aromatic carboxylic acids is 1. The Hall–Kier alpha value is -1.65. The highest BCUT2D eigenvalue weighted by Gasteiger charge is 2.08.